The highest BCUT2D eigenvalue weighted by atomic mass is 32.1. The molecule has 0 bridgehead atoms. The summed E-state index contributed by atoms with van der Waals surface area (Å²) in [7, 11) is 0. The molecule has 3 heterocycles. The Morgan fingerprint density at radius 3 is 3.17 bits per heavy atom. The largest absolute Gasteiger partial charge is 0.330 e. The zero-order valence-electron chi connectivity index (χ0n) is 9.80. The molecule has 1 atom stereocenters. The van der Waals surface area contributed by atoms with Gasteiger partial charge in [0.1, 0.15) is 0 Å². The summed E-state index contributed by atoms with van der Waals surface area (Å²) in [5, 5.41) is 9.21. The van der Waals surface area contributed by atoms with Gasteiger partial charge in [-0.25, -0.2) is 0 Å². The molecule has 1 amide bonds. The van der Waals surface area contributed by atoms with Gasteiger partial charge in [-0.2, -0.15) is 5.10 Å². The molecular weight excluding hydrogens is 248 g/mol. The maximum absolute atomic E-state index is 11.9. The fourth-order valence-electron chi connectivity index (χ4n) is 2.17. The van der Waals surface area contributed by atoms with E-state index in [1.807, 2.05) is 23.6 Å². The van der Waals surface area contributed by atoms with Crippen molar-refractivity contribution in [3.63, 3.8) is 0 Å². The molecule has 2 aromatic rings. The van der Waals surface area contributed by atoms with Crippen molar-refractivity contribution in [2.24, 2.45) is 11.7 Å². The summed E-state index contributed by atoms with van der Waals surface area (Å²) in [5.74, 6) is 1.05. The molecule has 0 spiro atoms. The molecule has 18 heavy (non-hydrogen) atoms. The standard InChI is InChI=1S/C12H14N4OS/c13-6-8-4-12(17)16(7-8)11-5-9(14-15-11)10-2-1-3-18-10/h1-3,5,8H,4,6-7,13H2,(H,14,15). The van der Waals surface area contributed by atoms with Crippen LogP contribution in [0.15, 0.2) is 23.6 Å². The zero-order chi connectivity index (χ0) is 12.5. The van der Waals surface area contributed by atoms with Gasteiger partial charge in [0, 0.05) is 19.0 Å². The van der Waals surface area contributed by atoms with Crippen LogP contribution in [0.1, 0.15) is 6.42 Å². The number of nitrogens with one attached hydrogen (secondary N) is 1. The van der Waals surface area contributed by atoms with E-state index in [9.17, 15) is 4.79 Å². The molecule has 0 aromatic carbocycles. The Labute approximate surface area is 109 Å². The van der Waals surface area contributed by atoms with Gasteiger partial charge in [0.05, 0.1) is 10.6 Å². The topological polar surface area (TPSA) is 75.0 Å². The van der Waals surface area contributed by atoms with Crippen LogP contribution in [-0.4, -0.2) is 29.2 Å². The van der Waals surface area contributed by atoms with Gasteiger partial charge >= 0.3 is 0 Å². The first-order valence-electron chi connectivity index (χ1n) is 5.87. The maximum Gasteiger partial charge on any atom is 0.228 e. The van der Waals surface area contributed by atoms with Crippen LogP contribution >= 0.6 is 11.3 Å². The molecule has 1 saturated heterocycles. The number of anilines is 1. The number of H-pyrrole nitrogens is 1. The van der Waals surface area contributed by atoms with Crippen molar-refractivity contribution in [2.75, 3.05) is 18.0 Å². The van der Waals surface area contributed by atoms with E-state index in [4.69, 9.17) is 5.73 Å². The Hall–Kier alpha value is -1.66. The highest BCUT2D eigenvalue weighted by Gasteiger charge is 2.31. The van der Waals surface area contributed by atoms with Crippen LogP contribution < -0.4 is 10.6 Å². The number of aromatic nitrogens is 2. The van der Waals surface area contributed by atoms with Crippen molar-refractivity contribution in [1.82, 2.24) is 10.2 Å². The lowest BCUT2D eigenvalue weighted by molar-refractivity contribution is -0.117. The predicted octanol–water partition coefficient (Wildman–Crippen LogP) is 1.45. The van der Waals surface area contributed by atoms with Crippen molar-refractivity contribution in [2.45, 2.75) is 6.42 Å². The molecule has 1 aliphatic rings. The molecule has 0 aliphatic carbocycles. The lowest BCUT2D eigenvalue weighted by Gasteiger charge is -2.12. The fourth-order valence-corrected chi connectivity index (χ4v) is 2.86. The monoisotopic (exact) mass is 262 g/mol. The number of nitrogens with zero attached hydrogens (tertiary/aromatic N) is 2. The van der Waals surface area contributed by atoms with Gasteiger partial charge in [0.15, 0.2) is 5.82 Å². The second kappa shape index (κ2) is 4.55. The lowest BCUT2D eigenvalue weighted by atomic mass is 10.1. The first-order valence-corrected chi connectivity index (χ1v) is 6.75. The Bertz CT molecular complexity index is 548. The van der Waals surface area contributed by atoms with Crippen LogP contribution in [0.5, 0.6) is 0 Å². The summed E-state index contributed by atoms with van der Waals surface area (Å²) in [4.78, 5) is 14.7. The van der Waals surface area contributed by atoms with E-state index in [1.54, 1.807) is 16.2 Å². The number of carbonyl (C=O) groups excluding carboxylic acids is 1. The Balaban J connectivity index is 1.84. The lowest BCUT2D eigenvalue weighted by Crippen LogP contribution is -2.26. The van der Waals surface area contributed by atoms with Crippen LogP contribution in [0.2, 0.25) is 0 Å². The number of hydrogen-bond donors (Lipinski definition) is 2. The third kappa shape index (κ3) is 1.93. The summed E-state index contributed by atoms with van der Waals surface area (Å²) in [6.45, 7) is 1.22. The average molecular weight is 262 g/mol. The van der Waals surface area contributed by atoms with E-state index in [0.29, 0.717) is 25.3 Å². The predicted molar refractivity (Wildman–Crippen MR) is 71.4 cm³/mol. The zero-order valence-corrected chi connectivity index (χ0v) is 10.6. The highest BCUT2D eigenvalue weighted by Crippen LogP contribution is 2.28. The van der Waals surface area contributed by atoms with Crippen LogP contribution in [0.25, 0.3) is 10.6 Å². The number of amides is 1. The highest BCUT2D eigenvalue weighted by molar-refractivity contribution is 7.13. The van der Waals surface area contributed by atoms with E-state index in [0.717, 1.165) is 10.6 Å². The van der Waals surface area contributed by atoms with Gasteiger partial charge in [0.2, 0.25) is 5.91 Å². The molecule has 94 valence electrons. The third-order valence-corrected chi connectivity index (χ3v) is 4.07. The number of carbonyl (C=O) groups is 1. The molecule has 1 fully saturated rings. The van der Waals surface area contributed by atoms with Crippen LogP contribution in [0.3, 0.4) is 0 Å². The second-order valence-electron chi connectivity index (χ2n) is 4.43. The SMILES string of the molecule is NCC1CC(=O)N(c2cc(-c3cccs3)[nH]n2)C1. The van der Waals surface area contributed by atoms with E-state index in [1.165, 1.54) is 0 Å². The normalized spacial score (nSPS) is 19.7. The van der Waals surface area contributed by atoms with Crippen LogP contribution in [0.4, 0.5) is 5.82 Å². The van der Waals surface area contributed by atoms with Crippen molar-refractivity contribution in [3.05, 3.63) is 23.6 Å². The molecule has 1 unspecified atom stereocenters. The smallest absolute Gasteiger partial charge is 0.228 e. The van der Waals surface area contributed by atoms with Gasteiger partial charge in [-0.1, -0.05) is 6.07 Å². The first kappa shape index (κ1) is 11.4. The number of hydrogen-bond acceptors (Lipinski definition) is 4. The van der Waals surface area contributed by atoms with Crippen molar-refractivity contribution in [1.29, 1.82) is 0 Å². The molecule has 3 N–H and O–H groups in total. The van der Waals surface area contributed by atoms with Gasteiger partial charge in [0.25, 0.3) is 0 Å². The van der Waals surface area contributed by atoms with E-state index < -0.39 is 0 Å². The van der Waals surface area contributed by atoms with Crippen molar-refractivity contribution in [3.8, 4) is 10.6 Å². The summed E-state index contributed by atoms with van der Waals surface area (Å²) in [5.41, 5.74) is 6.56. The summed E-state index contributed by atoms with van der Waals surface area (Å²) in [6.07, 6.45) is 0.525. The quantitative estimate of drug-likeness (QED) is 0.879. The molecular formula is C12H14N4OS. The molecule has 5 nitrogen and oxygen atoms in total. The molecule has 6 heteroatoms. The minimum atomic E-state index is 0.106. The second-order valence-corrected chi connectivity index (χ2v) is 5.38. The van der Waals surface area contributed by atoms with Gasteiger partial charge in [-0.05, 0) is 23.9 Å². The molecule has 3 rings (SSSR count). The van der Waals surface area contributed by atoms with Crippen molar-refractivity contribution < 1.29 is 4.79 Å². The molecule has 1 aliphatic heterocycles. The summed E-state index contributed by atoms with van der Waals surface area (Å²) < 4.78 is 0. The maximum atomic E-state index is 11.9. The summed E-state index contributed by atoms with van der Waals surface area (Å²) >= 11 is 1.64. The fraction of sp³-hybridized carbons (Fsp3) is 0.333. The molecule has 0 saturated carbocycles. The number of rotatable bonds is 3. The van der Waals surface area contributed by atoms with Crippen molar-refractivity contribution >= 4 is 23.1 Å². The molecule has 2 aromatic heterocycles. The third-order valence-electron chi connectivity index (χ3n) is 3.17. The van der Waals surface area contributed by atoms with E-state index in [-0.39, 0.29) is 11.8 Å². The van der Waals surface area contributed by atoms with Crippen LogP contribution in [0, 0.1) is 5.92 Å². The minimum Gasteiger partial charge on any atom is -0.330 e. The number of nitrogens with two attached hydrogens (primary N) is 1. The van der Waals surface area contributed by atoms with E-state index in [2.05, 4.69) is 10.2 Å². The van der Waals surface area contributed by atoms with E-state index >= 15 is 0 Å². The van der Waals surface area contributed by atoms with Gasteiger partial charge in [-0.15, -0.1) is 11.3 Å². The number of thiophene rings is 1. The minimum absolute atomic E-state index is 0.106. The van der Waals surface area contributed by atoms with Crippen LogP contribution in [-0.2, 0) is 4.79 Å². The number of aromatic amines is 1. The molecule has 0 radical (unpaired) electrons. The Kier molecular flexibility index (Phi) is 2.89. The van der Waals surface area contributed by atoms with Gasteiger partial charge in [-0.3, -0.25) is 14.8 Å². The Morgan fingerprint density at radius 2 is 2.50 bits per heavy atom. The average Bonchev–Trinajstić information content (AvgIpc) is 3.08. The Morgan fingerprint density at radius 1 is 1.61 bits per heavy atom. The summed E-state index contributed by atoms with van der Waals surface area (Å²) in [6, 6.07) is 5.94. The first-order chi connectivity index (χ1) is 8.78. The van der Waals surface area contributed by atoms with Gasteiger partial charge < -0.3 is 5.73 Å².